The van der Waals surface area contributed by atoms with E-state index in [1.54, 1.807) is 0 Å². The Morgan fingerprint density at radius 2 is 2.36 bits per heavy atom. The Labute approximate surface area is 70.7 Å². The number of allylic oxidation sites excluding steroid dienone is 1. The molecule has 0 aliphatic heterocycles. The molecule has 0 heteroatoms. The van der Waals surface area contributed by atoms with Crippen LogP contribution < -0.4 is 0 Å². The molecule has 0 nitrogen and oxygen atoms in total. The van der Waals surface area contributed by atoms with Gasteiger partial charge in [0.05, 0.1) is 0 Å². The molecular formula is C11H20. The molecule has 0 spiro atoms. The van der Waals surface area contributed by atoms with Crippen molar-refractivity contribution < 1.29 is 0 Å². The lowest BCUT2D eigenvalue weighted by Crippen LogP contribution is -1.97. The summed E-state index contributed by atoms with van der Waals surface area (Å²) in [5.41, 5.74) is 0. The van der Waals surface area contributed by atoms with E-state index < -0.39 is 0 Å². The molecule has 1 rings (SSSR count). The molecule has 0 radical (unpaired) electrons. The lowest BCUT2D eigenvalue weighted by molar-refractivity contribution is 0.468. The molecule has 0 aromatic rings. The monoisotopic (exact) mass is 152 g/mol. The standard InChI is InChI=1S/C11H20/c1-4-6-9(3)11-8-10(11)7-5-2/h4,9-11H,1,5-8H2,2-3H3. The van der Waals surface area contributed by atoms with Crippen LogP contribution in [0.5, 0.6) is 0 Å². The first-order valence-corrected chi connectivity index (χ1v) is 4.90. The molecule has 0 aromatic carbocycles. The molecule has 64 valence electrons. The van der Waals surface area contributed by atoms with Crippen LogP contribution in [0.2, 0.25) is 0 Å². The van der Waals surface area contributed by atoms with Crippen molar-refractivity contribution >= 4 is 0 Å². The predicted octanol–water partition coefficient (Wildman–Crippen LogP) is 3.63. The van der Waals surface area contributed by atoms with Crippen molar-refractivity contribution in [2.75, 3.05) is 0 Å². The zero-order valence-corrected chi connectivity index (χ0v) is 7.84. The molecule has 0 heterocycles. The minimum absolute atomic E-state index is 0.893. The van der Waals surface area contributed by atoms with Crippen LogP contribution >= 0.6 is 0 Å². The zero-order valence-electron chi connectivity index (χ0n) is 7.84. The third-order valence-corrected chi connectivity index (χ3v) is 2.91. The normalized spacial score (nSPS) is 31.5. The van der Waals surface area contributed by atoms with Gasteiger partial charge in [0.15, 0.2) is 0 Å². The van der Waals surface area contributed by atoms with Crippen molar-refractivity contribution in [1.29, 1.82) is 0 Å². The van der Waals surface area contributed by atoms with E-state index in [-0.39, 0.29) is 0 Å². The summed E-state index contributed by atoms with van der Waals surface area (Å²) in [7, 11) is 0. The number of rotatable bonds is 5. The maximum Gasteiger partial charge on any atom is -0.0325 e. The van der Waals surface area contributed by atoms with Crippen LogP contribution in [-0.2, 0) is 0 Å². The highest BCUT2D eigenvalue weighted by Crippen LogP contribution is 2.48. The molecule has 1 saturated carbocycles. The molecule has 1 fully saturated rings. The fourth-order valence-electron chi connectivity index (χ4n) is 2.11. The highest BCUT2D eigenvalue weighted by Gasteiger charge is 2.38. The Morgan fingerprint density at radius 1 is 1.64 bits per heavy atom. The van der Waals surface area contributed by atoms with E-state index in [2.05, 4.69) is 26.5 Å². The van der Waals surface area contributed by atoms with E-state index in [0.717, 1.165) is 17.8 Å². The van der Waals surface area contributed by atoms with E-state index in [9.17, 15) is 0 Å². The molecule has 0 saturated heterocycles. The molecule has 11 heavy (non-hydrogen) atoms. The van der Waals surface area contributed by atoms with Crippen molar-refractivity contribution in [3.63, 3.8) is 0 Å². The minimum Gasteiger partial charge on any atom is -0.103 e. The topological polar surface area (TPSA) is 0 Å². The summed E-state index contributed by atoms with van der Waals surface area (Å²) in [5.74, 6) is 2.99. The Bertz CT molecular complexity index is 126. The summed E-state index contributed by atoms with van der Waals surface area (Å²) in [5, 5.41) is 0. The maximum atomic E-state index is 3.78. The number of hydrogen-bond donors (Lipinski definition) is 0. The average Bonchev–Trinajstić information content (AvgIpc) is 2.69. The quantitative estimate of drug-likeness (QED) is 0.528. The Balaban J connectivity index is 2.14. The van der Waals surface area contributed by atoms with Crippen LogP contribution in [0.3, 0.4) is 0 Å². The van der Waals surface area contributed by atoms with E-state index in [0.29, 0.717) is 0 Å². The zero-order chi connectivity index (χ0) is 8.27. The summed E-state index contributed by atoms with van der Waals surface area (Å²) in [4.78, 5) is 0. The van der Waals surface area contributed by atoms with Crippen LogP contribution in [0.1, 0.15) is 39.5 Å². The second-order valence-electron chi connectivity index (χ2n) is 3.95. The smallest absolute Gasteiger partial charge is 0.0325 e. The summed E-state index contributed by atoms with van der Waals surface area (Å²) in [6.07, 6.45) is 7.58. The molecule has 0 amide bonds. The van der Waals surface area contributed by atoms with Crippen molar-refractivity contribution in [3.05, 3.63) is 12.7 Å². The fourth-order valence-corrected chi connectivity index (χ4v) is 2.11. The summed E-state index contributed by atoms with van der Waals surface area (Å²) in [6.45, 7) is 8.43. The highest BCUT2D eigenvalue weighted by molar-refractivity contribution is 4.91. The van der Waals surface area contributed by atoms with E-state index in [1.807, 2.05) is 0 Å². The van der Waals surface area contributed by atoms with Gasteiger partial charge in [-0.1, -0.05) is 32.8 Å². The van der Waals surface area contributed by atoms with Gasteiger partial charge in [-0.05, 0) is 30.6 Å². The van der Waals surface area contributed by atoms with Gasteiger partial charge in [0, 0.05) is 0 Å². The van der Waals surface area contributed by atoms with E-state index in [1.165, 1.54) is 25.7 Å². The van der Waals surface area contributed by atoms with Crippen LogP contribution in [0.25, 0.3) is 0 Å². The Morgan fingerprint density at radius 3 is 2.91 bits per heavy atom. The Hall–Kier alpha value is -0.260. The molecular weight excluding hydrogens is 132 g/mol. The van der Waals surface area contributed by atoms with Gasteiger partial charge in [0.2, 0.25) is 0 Å². The third-order valence-electron chi connectivity index (χ3n) is 2.91. The summed E-state index contributed by atoms with van der Waals surface area (Å²) >= 11 is 0. The molecule has 1 aliphatic rings. The summed E-state index contributed by atoms with van der Waals surface area (Å²) in [6, 6.07) is 0. The number of hydrogen-bond acceptors (Lipinski definition) is 0. The van der Waals surface area contributed by atoms with Crippen LogP contribution in [0.15, 0.2) is 12.7 Å². The maximum absolute atomic E-state index is 3.78. The molecule has 1 aliphatic carbocycles. The molecule has 0 bridgehead atoms. The van der Waals surface area contributed by atoms with Gasteiger partial charge >= 0.3 is 0 Å². The second kappa shape index (κ2) is 3.94. The van der Waals surface area contributed by atoms with Crippen molar-refractivity contribution in [1.82, 2.24) is 0 Å². The predicted molar refractivity (Wildman–Crippen MR) is 50.5 cm³/mol. The van der Waals surface area contributed by atoms with E-state index in [4.69, 9.17) is 0 Å². The van der Waals surface area contributed by atoms with Gasteiger partial charge in [0.1, 0.15) is 0 Å². The van der Waals surface area contributed by atoms with Crippen molar-refractivity contribution in [2.24, 2.45) is 17.8 Å². The van der Waals surface area contributed by atoms with E-state index >= 15 is 0 Å². The first kappa shape index (κ1) is 8.83. The van der Waals surface area contributed by atoms with Gasteiger partial charge in [-0.3, -0.25) is 0 Å². The molecule has 0 aromatic heterocycles. The second-order valence-corrected chi connectivity index (χ2v) is 3.95. The van der Waals surface area contributed by atoms with Crippen LogP contribution in [0.4, 0.5) is 0 Å². The minimum atomic E-state index is 0.893. The first-order valence-electron chi connectivity index (χ1n) is 4.90. The highest BCUT2D eigenvalue weighted by atomic mass is 14.4. The average molecular weight is 152 g/mol. The van der Waals surface area contributed by atoms with Gasteiger partial charge in [-0.25, -0.2) is 0 Å². The molecule has 0 N–H and O–H groups in total. The third kappa shape index (κ3) is 2.36. The summed E-state index contributed by atoms with van der Waals surface area (Å²) < 4.78 is 0. The van der Waals surface area contributed by atoms with Crippen molar-refractivity contribution in [2.45, 2.75) is 39.5 Å². The molecule has 3 atom stereocenters. The largest absolute Gasteiger partial charge is 0.103 e. The Kier molecular flexibility index (Phi) is 3.16. The van der Waals surface area contributed by atoms with Gasteiger partial charge in [-0.2, -0.15) is 0 Å². The van der Waals surface area contributed by atoms with Gasteiger partial charge in [0.25, 0.3) is 0 Å². The van der Waals surface area contributed by atoms with Gasteiger partial charge < -0.3 is 0 Å². The van der Waals surface area contributed by atoms with Gasteiger partial charge in [-0.15, -0.1) is 6.58 Å². The van der Waals surface area contributed by atoms with Crippen LogP contribution in [-0.4, -0.2) is 0 Å². The lowest BCUT2D eigenvalue weighted by Gasteiger charge is -2.06. The van der Waals surface area contributed by atoms with Crippen molar-refractivity contribution in [3.8, 4) is 0 Å². The SMILES string of the molecule is C=CCC(C)C1CC1CCC. The molecule has 3 unspecified atom stereocenters. The lowest BCUT2D eigenvalue weighted by atomic mass is 9.99. The first-order chi connectivity index (χ1) is 5.29. The van der Waals surface area contributed by atoms with Crippen LogP contribution in [0, 0.1) is 17.8 Å². The fraction of sp³-hybridized carbons (Fsp3) is 0.818.